The number of hydrogen-bond donors (Lipinski definition) is 1. The Morgan fingerprint density at radius 1 is 1.14 bits per heavy atom. The van der Waals surface area contributed by atoms with Gasteiger partial charge in [0.15, 0.2) is 5.13 Å². The first-order chi connectivity index (χ1) is 14.0. The van der Waals surface area contributed by atoms with Gasteiger partial charge in [-0.2, -0.15) is 0 Å². The third kappa shape index (κ3) is 4.79. The summed E-state index contributed by atoms with van der Waals surface area (Å²) >= 11 is 5.28. The van der Waals surface area contributed by atoms with Gasteiger partial charge in [-0.25, -0.2) is 4.98 Å². The number of carbonyl (C=O) groups is 1. The average molecular weight is 473 g/mol. The molecule has 1 aromatic heterocycles. The molecule has 4 rings (SSSR count). The number of piperazine rings is 1. The van der Waals surface area contributed by atoms with Crippen LogP contribution in [0.25, 0.3) is 10.2 Å². The van der Waals surface area contributed by atoms with Crippen molar-refractivity contribution < 1.29 is 4.79 Å². The largest absolute Gasteiger partial charge is 0.351 e. The maximum Gasteiger partial charge on any atom is 0.251 e. The van der Waals surface area contributed by atoms with E-state index in [1.807, 2.05) is 32.0 Å². The van der Waals surface area contributed by atoms with Crippen LogP contribution in [0.15, 0.2) is 40.9 Å². The third-order valence-electron chi connectivity index (χ3n) is 5.32. The highest BCUT2D eigenvalue weighted by molar-refractivity contribution is 9.10. The molecule has 5 nitrogen and oxygen atoms in total. The molecule has 1 aliphatic rings. The van der Waals surface area contributed by atoms with E-state index in [0.717, 1.165) is 59.0 Å². The monoisotopic (exact) mass is 472 g/mol. The Morgan fingerprint density at radius 2 is 1.93 bits per heavy atom. The third-order valence-corrected chi connectivity index (χ3v) is 6.89. The summed E-state index contributed by atoms with van der Waals surface area (Å²) in [6.07, 6.45) is 0. The molecule has 1 N–H and O–H groups in total. The van der Waals surface area contributed by atoms with Gasteiger partial charge in [0.25, 0.3) is 5.91 Å². The van der Waals surface area contributed by atoms with Crippen molar-refractivity contribution in [3.05, 3.63) is 57.6 Å². The Labute approximate surface area is 183 Å². The van der Waals surface area contributed by atoms with E-state index in [1.54, 1.807) is 11.3 Å². The summed E-state index contributed by atoms with van der Waals surface area (Å²) in [7, 11) is 0. The van der Waals surface area contributed by atoms with Crippen LogP contribution in [0, 0.1) is 13.8 Å². The first kappa shape index (κ1) is 20.3. The maximum absolute atomic E-state index is 12.4. The number of anilines is 1. The highest BCUT2D eigenvalue weighted by Crippen LogP contribution is 2.31. The van der Waals surface area contributed by atoms with E-state index in [0.29, 0.717) is 6.54 Å². The van der Waals surface area contributed by atoms with E-state index in [1.165, 1.54) is 10.3 Å². The number of aryl methyl sites for hydroxylation is 2. The van der Waals surface area contributed by atoms with Crippen LogP contribution >= 0.6 is 27.3 Å². The number of hydrogen-bond acceptors (Lipinski definition) is 5. The van der Waals surface area contributed by atoms with Gasteiger partial charge in [0.05, 0.1) is 10.2 Å². The molecule has 0 saturated carbocycles. The molecule has 2 heterocycles. The Kier molecular flexibility index (Phi) is 6.18. The smallest absolute Gasteiger partial charge is 0.251 e. The number of nitrogens with zero attached hydrogens (tertiary/aromatic N) is 3. The fourth-order valence-electron chi connectivity index (χ4n) is 3.68. The van der Waals surface area contributed by atoms with E-state index >= 15 is 0 Å². The van der Waals surface area contributed by atoms with Gasteiger partial charge in [-0.05, 0) is 43.7 Å². The Morgan fingerprint density at radius 3 is 2.69 bits per heavy atom. The predicted octanol–water partition coefficient (Wildman–Crippen LogP) is 4.23. The van der Waals surface area contributed by atoms with Gasteiger partial charge in [-0.15, -0.1) is 0 Å². The summed E-state index contributed by atoms with van der Waals surface area (Å²) in [5.74, 6) is 0.0155. The van der Waals surface area contributed by atoms with Crippen LogP contribution in [0.2, 0.25) is 0 Å². The first-order valence-corrected chi connectivity index (χ1v) is 11.5. The van der Waals surface area contributed by atoms with Gasteiger partial charge >= 0.3 is 0 Å². The summed E-state index contributed by atoms with van der Waals surface area (Å²) < 4.78 is 2.30. The summed E-state index contributed by atoms with van der Waals surface area (Å²) in [6.45, 7) is 9.47. The van der Waals surface area contributed by atoms with Crippen molar-refractivity contribution >= 4 is 48.5 Å². The van der Waals surface area contributed by atoms with Gasteiger partial charge in [0.1, 0.15) is 0 Å². The zero-order chi connectivity index (χ0) is 20.4. The molecule has 3 aromatic rings. The fourth-order valence-corrected chi connectivity index (χ4v) is 5.24. The van der Waals surface area contributed by atoms with Gasteiger partial charge < -0.3 is 10.2 Å². The van der Waals surface area contributed by atoms with Crippen molar-refractivity contribution in [2.75, 3.05) is 44.2 Å². The highest BCUT2D eigenvalue weighted by Gasteiger charge is 2.20. The van der Waals surface area contributed by atoms with E-state index in [4.69, 9.17) is 4.98 Å². The zero-order valence-corrected chi connectivity index (χ0v) is 19.1. The minimum absolute atomic E-state index is 0.0155. The number of nitrogens with one attached hydrogen (secondary N) is 1. The van der Waals surface area contributed by atoms with Gasteiger partial charge in [0, 0.05) is 49.3 Å². The van der Waals surface area contributed by atoms with Crippen LogP contribution in [-0.4, -0.2) is 55.1 Å². The Bertz CT molecular complexity index is 1030. The van der Waals surface area contributed by atoms with Crippen LogP contribution in [-0.2, 0) is 0 Å². The van der Waals surface area contributed by atoms with Crippen LogP contribution in [0.3, 0.4) is 0 Å². The molecular weight excluding hydrogens is 448 g/mol. The van der Waals surface area contributed by atoms with Crippen molar-refractivity contribution in [3.8, 4) is 0 Å². The van der Waals surface area contributed by atoms with Crippen molar-refractivity contribution in [2.45, 2.75) is 13.8 Å². The molecule has 0 radical (unpaired) electrons. The first-order valence-electron chi connectivity index (χ1n) is 9.88. The predicted molar refractivity (Wildman–Crippen MR) is 124 cm³/mol. The summed E-state index contributed by atoms with van der Waals surface area (Å²) in [4.78, 5) is 22.0. The van der Waals surface area contributed by atoms with Crippen LogP contribution in [0.5, 0.6) is 0 Å². The van der Waals surface area contributed by atoms with E-state index in [9.17, 15) is 4.79 Å². The second-order valence-corrected chi connectivity index (χ2v) is 9.44. The van der Waals surface area contributed by atoms with Gasteiger partial charge in [-0.1, -0.05) is 45.0 Å². The fraction of sp³-hybridized carbons (Fsp3) is 0.364. The average Bonchev–Trinajstić information content (AvgIpc) is 3.11. The van der Waals surface area contributed by atoms with Crippen molar-refractivity contribution in [1.29, 1.82) is 0 Å². The quantitative estimate of drug-likeness (QED) is 0.603. The summed E-state index contributed by atoms with van der Waals surface area (Å²) in [5.41, 5.74) is 4.03. The lowest BCUT2D eigenvalue weighted by atomic mass is 10.1. The summed E-state index contributed by atoms with van der Waals surface area (Å²) in [5, 5.41) is 4.16. The van der Waals surface area contributed by atoms with Crippen molar-refractivity contribution in [3.63, 3.8) is 0 Å². The second kappa shape index (κ2) is 8.81. The molecule has 1 saturated heterocycles. The van der Waals surface area contributed by atoms with Crippen LogP contribution in [0.4, 0.5) is 5.13 Å². The number of fused-ring (bicyclic) bond motifs is 1. The lowest BCUT2D eigenvalue weighted by molar-refractivity contribution is 0.0947. The standard InChI is InChI=1S/C22H25BrN4OS/c1-15-3-5-18(16(2)13-15)21(28)24-7-8-26-9-11-27(12-10-26)22-25-19-6-4-17(23)14-20(19)29-22/h3-6,13-14H,7-12H2,1-2H3,(H,24,28). The number of benzene rings is 2. The molecule has 0 aliphatic carbocycles. The molecule has 0 atom stereocenters. The molecule has 0 bridgehead atoms. The van der Waals surface area contributed by atoms with Gasteiger partial charge in [-0.3, -0.25) is 9.69 Å². The number of halogens is 1. The molecule has 0 unspecified atom stereocenters. The number of amides is 1. The minimum atomic E-state index is 0.0155. The lowest BCUT2D eigenvalue weighted by Crippen LogP contribution is -2.48. The highest BCUT2D eigenvalue weighted by atomic mass is 79.9. The van der Waals surface area contributed by atoms with Gasteiger partial charge in [0.2, 0.25) is 0 Å². The molecular formula is C22H25BrN4OS. The van der Waals surface area contributed by atoms with E-state index in [2.05, 4.69) is 49.2 Å². The van der Waals surface area contributed by atoms with Crippen molar-refractivity contribution in [2.24, 2.45) is 0 Å². The topological polar surface area (TPSA) is 48.5 Å². The number of thiazole rings is 1. The zero-order valence-electron chi connectivity index (χ0n) is 16.7. The molecule has 7 heteroatoms. The van der Waals surface area contributed by atoms with Crippen molar-refractivity contribution in [1.82, 2.24) is 15.2 Å². The SMILES string of the molecule is Cc1ccc(C(=O)NCCN2CCN(c3nc4ccc(Br)cc4s3)CC2)c(C)c1. The second-order valence-electron chi connectivity index (χ2n) is 7.51. The molecule has 1 fully saturated rings. The Balaban J connectivity index is 1.26. The maximum atomic E-state index is 12.4. The summed E-state index contributed by atoms with van der Waals surface area (Å²) in [6, 6.07) is 12.2. The van der Waals surface area contributed by atoms with E-state index < -0.39 is 0 Å². The molecule has 2 aromatic carbocycles. The minimum Gasteiger partial charge on any atom is -0.351 e. The molecule has 0 spiro atoms. The van der Waals surface area contributed by atoms with Crippen LogP contribution in [0.1, 0.15) is 21.5 Å². The number of aromatic nitrogens is 1. The number of rotatable bonds is 5. The molecule has 1 aliphatic heterocycles. The van der Waals surface area contributed by atoms with Crippen LogP contribution < -0.4 is 10.2 Å². The lowest BCUT2D eigenvalue weighted by Gasteiger charge is -2.34. The molecule has 152 valence electrons. The Hall–Kier alpha value is -1.96. The normalized spacial score (nSPS) is 15.1. The molecule has 1 amide bonds. The molecule has 29 heavy (non-hydrogen) atoms. The van der Waals surface area contributed by atoms with E-state index in [-0.39, 0.29) is 5.91 Å². The number of carbonyl (C=O) groups excluding carboxylic acids is 1.